The minimum atomic E-state index is -0.359. The predicted octanol–water partition coefficient (Wildman–Crippen LogP) is 2.01. The van der Waals surface area contributed by atoms with Crippen molar-refractivity contribution in [3.05, 3.63) is 33.7 Å². The van der Waals surface area contributed by atoms with E-state index in [1.165, 1.54) is 4.88 Å². The van der Waals surface area contributed by atoms with Crippen LogP contribution in [0.1, 0.15) is 30.7 Å². The van der Waals surface area contributed by atoms with Gasteiger partial charge in [0, 0.05) is 23.2 Å². The lowest BCUT2D eigenvalue weighted by atomic mass is 10.1. The van der Waals surface area contributed by atoms with Crippen LogP contribution in [0.5, 0.6) is 0 Å². The second kappa shape index (κ2) is 7.14. The Hall–Kier alpha value is -1.86. The Bertz CT molecular complexity index is 612. The van der Waals surface area contributed by atoms with Gasteiger partial charge in [0.1, 0.15) is 0 Å². The van der Waals surface area contributed by atoms with Gasteiger partial charge in [0.15, 0.2) is 0 Å². The molecule has 1 aromatic rings. The van der Waals surface area contributed by atoms with E-state index in [0.29, 0.717) is 30.5 Å². The molecule has 1 fully saturated rings. The summed E-state index contributed by atoms with van der Waals surface area (Å²) in [6.45, 7) is 3.85. The van der Waals surface area contributed by atoms with E-state index in [0.717, 1.165) is 19.4 Å². The van der Waals surface area contributed by atoms with E-state index >= 15 is 0 Å². The van der Waals surface area contributed by atoms with Gasteiger partial charge in [-0.1, -0.05) is 6.07 Å². The van der Waals surface area contributed by atoms with E-state index in [9.17, 15) is 9.59 Å². The Balaban J connectivity index is 1.79. The lowest BCUT2D eigenvalue weighted by Gasteiger charge is -2.28. The van der Waals surface area contributed by atoms with Crippen LogP contribution in [0.25, 0.3) is 0 Å². The van der Waals surface area contributed by atoms with Crippen molar-refractivity contribution >= 4 is 23.3 Å². The maximum Gasteiger partial charge on any atom is 0.337 e. The normalized spacial score (nSPS) is 22.0. The van der Waals surface area contributed by atoms with Gasteiger partial charge in [0.2, 0.25) is 0 Å². The Morgan fingerprint density at radius 1 is 1.52 bits per heavy atom. The molecule has 23 heavy (non-hydrogen) atoms. The molecule has 1 saturated heterocycles. The highest BCUT2D eigenvalue weighted by Crippen LogP contribution is 2.34. The number of likely N-dealkylation sites (tertiary alicyclic amines) is 1. The van der Waals surface area contributed by atoms with Crippen LogP contribution < -0.4 is 10.6 Å². The zero-order valence-corrected chi connectivity index (χ0v) is 13.9. The maximum atomic E-state index is 12.1. The smallest absolute Gasteiger partial charge is 0.337 e. The molecule has 6 nitrogen and oxygen atoms in total. The summed E-state index contributed by atoms with van der Waals surface area (Å²) < 4.78 is 5.11. The highest BCUT2D eigenvalue weighted by Gasteiger charge is 2.31. The van der Waals surface area contributed by atoms with Crippen LogP contribution in [-0.2, 0) is 9.53 Å². The summed E-state index contributed by atoms with van der Waals surface area (Å²) in [5.41, 5.74) is 1.18. The van der Waals surface area contributed by atoms with Crippen LogP contribution >= 0.6 is 11.3 Å². The van der Waals surface area contributed by atoms with E-state index in [1.807, 2.05) is 0 Å². The molecule has 1 atom stereocenters. The van der Waals surface area contributed by atoms with Crippen molar-refractivity contribution in [1.82, 2.24) is 15.5 Å². The van der Waals surface area contributed by atoms with Crippen molar-refractivity contribution in [1.29, 1.82) is 0 Å². The van der Waals surface area contributed by atoms with E-state index in [-0.39, 0.29) is 18.5 Å². The second-order valence-corrected chi connectivity index (χ2v) is 6.61. The van der Waals surface area contributed by atoms with Crippen LogP contribution in [0.2, 0.25) is 0 Å². The number of ether oxygens (including phenoxy) is 1. The number of thiophene rings is 1. The van der Waals surface area contributed by atoms with E-state index in [4.69, 9.17) is 4.74 Å². The Kier molecular flexibility index (Phi) is 4.97. The van der Waals surface area contributed by atoms with Crippen molar-refractivity contribution in [2.75, 3.05) is 26.2 Å². The third kappa shape index (κ3) is 3.56. The number of nitrogens with one attached hydrogen (secondary N) is 2. The number of esters is 1. The lowest BCUT2D eigenvalue weighted by Crippen LogP contribution is -2.46. The fourth-order valence-electron chi connectivity index (χ4n) is 3.10. The topological polar surface area (TPSA) is 70.7 Å². The molecule has 0 spiro atoms. The molecule has 2 aliphatic heterocycles. The molecule has 2 N–H and O–H groups in total. The van der Waals surface area contributed by atoms with Gasteiger partial charge < -0.3 is 15.4 Å². The first-order chi connectivity index (χ1) is 11.2. The lowest BCUT2D eigenvalue weighted by molar-refractivity contribution is -0.138. The summed E-state index contributed by atoms with van der Waals surface area (Å²) in [5, 5.41) is 7.51. The molecule has 0 aromatic carbocycles. The molecule has 0 radical (unpaired) electrons. The number of carbonyl (C=O) groups excluding carboxylic acids is 2. The number of amides is 2. The first-order valence-corrected chi connectivity index (χ1v) is 8.78. The molecule has 1 aromatic heterocycles. The molecule has 124 valence electrons. The minimum absolute atomic E-state index is 0.220. The monoisotopic (exact) mass is 335 g/mol. The third-order valence-corrected chi connectivity index (χ3v) is 5.15. The molecule has 2 aliphatic rings. The van der Waals surface area contributed by atoms with Crippen LogP contribution in [0.4, 0.5) is 4.79 Å². The molecule has 0 aliphatic carbocycles. The number of rotatable bonds is 5. The summed E-state index contributed by atoms with van der Waals surface area (Å²) in [6, 6.07) is 4.30. The average molecular weight is 335 g/mol. The number of urea groups is 1. The predicted molar refractivity (Wildman–Crippen MR) is 88.1 cm³/mol. The van der Waals surface area contributed by atoms with E-state index in [1.54, 1.807) is 18.3 Å². The standard InChI is InChI=1S/C16H21N3O3S/c1-2-22-15(20)11-9-17-16(21)18-12(11)10-19-7-3-5-13(19)14-6-4-8-23-14/h4,6,8,13H,2-3,5,7,9-10H2,1H3,(H2,17,18,21)/t13-/m1/s1. The van der Waals surface area contributed by atoms with Crippen LogP contribution in [0, 0.1) is 0 Å². The van der Waals surface area contributed by atoms with Crippen molar-refractivity contribution in [2.45, 2.75) is 25.8 Å². The number of nitrogens with zero attached hydrogens (tertiary/aromatic N) is 1. The van der Waals surface area contributed by atoms with Gasteiger partial charge in [-0.2, -0.15) is 0 Å². The van der Waals surface area contributed by atoms with E-state index < -0.39 is 0 Å². The summed E-state index contributed by atoms with van der Waals surface area (Å²) in [7, 11) is 0. The first kappa shape index (κ1) is 16.0. The fraction of sp³-hybridized carbons (Fsp3) is 0.500. The summed E-state index contributed by atoms with van der Waals surface area (Å²) >= 11 is 1.75. The molecule has 0 saturated carbocycles. The fourth-order valence-corrected chi connectivity index (χ4v) is 4.00. The maximum absolute atomic E-state index is 12.1. The number of hydrogen-bond donors (Lipinski definition) is 2. The van der Waals surface area contributed by atoms with Crippen molar-refractivity contribution in [3.63, 3.8) is 0 Å². The quantitative estimate of drug-likeness (QED) is 0.808. The van der Waals surface area contributed by atoms with Crippen molar-refractivity contribution < 1.29 is 14.3 Å². The summed E-state index contributed by atoms with van der Waals surface area (Å²) in [6.07, 6.45) is 2.23. The SMILES string of the molecule is CCOC(=O)C1=C(CN2CCC[C@@H]2c2cccs2)NC(=O)NC1. The third-order valence-electron chi connectivity index (χ3n) is 4.17. The Morgan fingerprint density at radius 3 is 3.13 bits per heavy atom. The minimum Gasteiger partial charge on any atom is -0.463 e. The highest BCUT2D eigenvalue weighted by atomic mass is 32.1. The van der Waals surface area contributed by atoms with Gasteiger partial charge >= 0.3 is 12.0 Å². The summed E-state index contributed by atoms with van der Waals surface area (Å²) in [5.74, 6) is -0.359. The van der Waals surface area contributed by atoms with Crippen LogP contribution in [-0.4, -0.2) is 43.1 Å². The molecule has 0 bridgehead atoms. The molecule has 7 heteroatoms. The molecule has 0 unspecified atom stereocenters. The molecule has 2 amide bonds. The van der Waals surface area contributed by atoms with Gasteiger partial charge in [-0.25, -0.2) is 9.59 Å². The van der Waals surface area contributed by atoms with Crippen molar-refractivity contribution in [2.24, 2.45) is 0 Å². The molecular formula is C16H21N3O3S. The van der Waals surface area contributed by atoms with Gasteiger partial charge in [-0.15, -0.1) is 11.3 Å². The van der Waals surface area contributed by atoms with Crippen molar-refractivity contribution in [3.8, 4) is 0 Å². The summed E-state index contributed by atoms with van der Waals surface area (Å²) in [4.78, 5) is 27.4. The van der Waals surface area contributed by atoms with Gasteiger partial charge in [-0.05, 0) is 37.8 Å². The van der Waals surface area contributed by atoms with Gasteiger partial charge in [0.25, 0.3) is 0 Å². The highest BCUT2D eigenvalue weighted by molar-refractivity contribution is 7.10. The Morgan fingerprint density at radius 2 is 2.39 bits per heavy atom. The van der Waals surface area contributed by atoms with Crippen LogP contribution in [0.3, 0.4) is 0 Å². The zero-order valence-electron chi connectivity index (χ0n) is 13.1. The number of carbonyl (C=O) groups is 2. The molecule has 3 rings (SSSR count). The zero-order chi connectivity index (χ0) is 16.2. The van der Waals surface area contributed by atoms with Crippen LogP contribution in [0.15, 0.2) is 28.8 Å². The first-order valence-electron chi connectivity index (χ1n) is 7.90. The largest absolute Gasteiger partial charge is 0.463 e. The average Bonchev–Trinajstić information content (AvgIpc) is 3.18. The molecular weight excluding hydrogens is 314 g/mol. The molecule has 3 heterocycles. The van der Waals surface area contributed by atoms with E-state index in [2.05, 4.69) is 33.0 Å². The van der Waals surface area contributed by atoms with Gasteiger partial charge in [0.05, 0.1) is 18.7 Å². The Labute approximate surface area is 139 Å². The van der Waals surface area contributed by atoms with Gasteiger partial charge in [-0.3, -0.25) is 4.90 Å². The number of hydrogen-bond acceptors (Lipinski definition) is 5. The second-order valence-electron chi connectivity index (χ2n) is 5.63.